The predicted molar refractivity (Wildman–Crippen MR) is 74.4 cm³/mol. The third kappa shape index (κ3) is 3.68. The number of nitrogens with zero attached hydrogens (tertiary/aromatic N) is 2. The van der Waals surface area contributed by atoms with Gasteiger partial charge in [-0.3, -0.25) is 10.00 Å². The SMILES string of the molecule is C=C(C)CN1CCC(NCc2cn[nH]c2C)CC1. The van der Waals surface area contributed by atoms with E-state index < -0.39 is 0 Å². The second-order valence-electron chi connectivity index (χ2n) is 5.41. The first-order valence-corrected chi connectivity index (χ1v) is 6.74. The van der Waals surface area contributed by atoms with E-state index in [1.54, 1.807) is 0 Å². The van der Waals surface area contributed by atoms with Crippen molar-refractivity contribution in [1.82, 2.24) is 20.4 Å². The first kappa shape index (κ1) is 13.3. The third-order valence-electron chi connectivity index (χ3n) is 3.60. The highest BCUT2D eigenvalue weighted by Gasteiger charge is 2.18. The van der Waals surface area contributed by atoms with Gasteiger partial charge in [-0.1, -0.05) is 12.2 Å². The van der Waals surface area contributed by atoms with Crippen LogP contribution in [-0.4, -0.2) is 40.8 Å². The number of hydrogen-bond acceptors (Lipinski definition) is 3. The van der Waals surface area contributed by atoms with Gasteiger partial charge in [-0.2, -0.15) is 5.10 Å². The van der Waals surface area contributed by atoms with E-state index >= 15 is 0 Å². The van der Waals surface area contributed by atoms with Crippen LogP contribution in [0.1, 0.15) is 31.0 Å². The predicted octanol–water partition coefficient (Wildman–Crippen LogP) is 1.85. The summed E-state index contributed by atoms with van der Waals surface area (Å²) in [6.07, 6.45) is 4.37. The van der Waals surface area contributed by atoms with Crippen LogP contribution in [0.5, 0.6) is 0 Å². The maximum atomic E-state index is 4.05. The van der Waals surface area contributed by atoms with Crippen molar-refractivity contribution in [2.75, 3.05) is 19.6 Å². The van der Waals surface area contributed by atoms with Gasteiger partial charge in [0.1, 0.15) is 0 Å². The lowest BCUT2D eigenvalue weighted by Gasteiger charge is -2.32. The van der Waals surface area contributed by atoms with Gasteiger partial charge in [-0.05, 0) is 39.8 Å². The van der Waals surface area contributed by atoms with Crippen molar-refractivity contribution in [3.8, 4) is 0 Å². The standard InChI is InChI=1S/C14H24N4/c1-11(2)10-18-6-4-14(5-7-18)15-8-13-9-16-17-12(13)3/h9,14-15H,1,4-8,10H2,2-3H3,(H,16,17). The molecule has 100 valence electrons. The van der Waals surface area contributed by atoms with Gasteiger partial charge in [-0.25, -0.2) is 0 Å². The highest BCUT2D eigenvalue weighted by atomic mass is 15.1. The van der Waals surface area contributed by atoms with Gasteiger partial charge in [-0.15, -0.1) is 0 Å². The fraction of sp³-hybridized carbons (Fsp3) is 0.643. The Labute approximate surface area is 109 Å². The number of aromatic nitrogens is 2. The van der Waals surface area contributed by atoms with Crippen molar-refractivity contribution < 1.29 is 0 Å². The Balaban J connectivity index is 1.71. The van der Waals surface area contributed by atoms with E-state index in [0.717, 1.165) is 13.1 Å². The second kappa shape index (κ2) is 6.16. The zero-order valence-corrected chi connectivity index (χ0v) is 11.5. The maximum Gasteiger partial charge on any atom is 0.0535 e. The summed E-state index contributed by atoms with van der Waals surface area (Å²) in [6, 6.07) is 0.640. The topological polar surface area (TPSA) is 44.0 Å². The highest BCUT2D eigenvalue weighted by molar-refractivity contribution is 5.13. The Morgan fingerprint density at radius 2 is 2.28 bits per heavy atom. The fourth-order valence-electron chi connectivity index (χ4n) is 2.49. The van der Waals surface area contributed by atoms with Crippen LogP contribution < -0.4 is 5.32 Å². The number of hydrogen-bond donors (Lipinski definition) is 2. The molecule has 0 bridgehead atoms. The molecule has 0 atom stereocenters. The summed E-state index contributed by atoms with van der Waals surface area (Å²) in [5, 5.41) is 10.7. The van der Waals surface area contributed by atoms with Crippen LogP contribution in [0.25, 0.3) is 0 Å². The maximum absolute atomic E-state index is 4.05. The average Bonchev–Trinajstić information content (AvgIpc) is 2.73. The summed E-state index contributed by atoms with van der Waals surface area (Å²) in [5.41, 5.74) is 3.71. The van der Waals surface area contributed by atoms with E-state index in [4.69, 9.17) is 0 Å². The van der Waals surface area contributed by atoms with E-state index in [-0.39, 0.29) is 0 Å². The van der Waals surface area contributed by atoms with Crippen LogP contribution in [0.2, 0.25) is 0 Å². The van der Waals surface area contributed by atoms with E-state index in [1.807, 2.05) is 6.20 Å². The lowest BCUT2D eigenvalue weighted by molar-refractivity contribution is 0.211. The molecule has 2 heterocycles. The zero-order valence-electron chi connectivity index (χ0n) is 11.5. The van der Waals surface area contributed by atoms with Gasteiger partial charge in [0.25, 0.3) is 0 Å². The number of aryl methyl sites for hydroxylation is 1. The van der Waals surface area contributed by atoms with Crippen LogP contribution in [-0.2, 0) is 6.54 Å². The molecule has 1 aromatic rings. The van der Waals surface area contributed by atoms with Crippen molar-refractivity contribution in [1.29, 1.82) is 0 Å². The number of H-pyrrole nitrogens is 1. The second-order valence-corrected chi connectivity index (χ2v) is 5.41. The summed E-state index contributed by atoms with van der Waals surface area (Å²) in [4.78, 5) is 2.49. The summed E-state index contributed by atoms with van der Waals surface area (Å²) in [7, 11) is 0. The molecule has 1 aliphatic heterocycles. The monoisotopic (exact) mass is 248 g/mol. The quantitative estimate of drug-likeness (QED) is 0.782. The molecule has 0 amide bonds. The molecule has 1 fully saturated rings. The minimum absolute atomic E-state index is 0.640. The van der Waals surface area contributed by atoms with E-state index in [2.05, 4.69) is 40.8 Å². The smallest absolute Gasteiger partial charge is 0.0535 e. The van der Waals surface area contributed by atoms with E-state index in [0.29, 0.717) is 6.04 Å². The third-order valence-corrected chi connectivity index (χ3v) is 3.60. The van der Waals surface area contributed by atoms with Crippen molar-refractivity contribution in [3.05, 3.63) is 29.6 Å². The Morgan fingerprint density at radius 3 is 2.83 bits per heavy atom. The molecule has 0 aliphatic carbocycles. The summed E-state index contributed by atoms with van der Waals surface area (Å²) in [5.74, 6) is 0. The molecule has 0 saturated carbocycles. The Hall–Kier alpha value is -1.13. The van der Waals surface area contributed by atoms with Crippen molar-refractivity contribution in [2.45, 2.75) is 39.3 Å². The molecule has 1 aliphatic rings. The molecule has 1 saturated heterocycles. The van der Waals surface area contributed by atoms with Crippen LogP contribution in [0.15, 0.2) is 18.3 Å². The summed E-state index contributed by atoms with van der Waals surface area (Å²) >= 11 is 0. The van der Waals surface area contributed by atoms with E-state index in [1.165, 1.54) is 42.8 Å². The van der Waals surface area contributed by atoms with Gasteiger partial charge in [0.15, 0.2) is 0 Å². The molecular formula is C14H24N4. The lowest BCUT2D eigenvalue weighted by atomic mass is 10.0. The molecule has 0 radical (unpaired) electrons. The van der Waals surface area contributed by atoms with Gasteiger partial charge in [0, 0.05) is 30.4 Å². The zero-order chi connectivity index (χ0) is 13.0. The van der Waals surface area contributed by atoms with Gasteiger partial charge in [0.05, 0.1) is 6.20 Å². The van der Waals surface area contributed by atoms with Crippen LogP contribution in [0.3, 0.4) is 0 Å². The normalized spacial score (nSPS) is 18.1. The fourth-order valence-corrected chi connectivity index (χ4v) is 2.49. The van der Waals surface area contributed by atoms with Gasteiger partial charge in [0.2, 0.25) is 0 Å². The molecule has 1 aromatic heterocycles. The first-order chi connectivity index (χ1) is 8.65. The van der Waals surface area contributed by atoms with Crippen LogP contribution in [0, 0.1) is 6.92 Å². The molecule has 2 N–H and O–H groups in total. The van der Waals surface area contributed by atoms with Crippen LogP contribution in [0.4, 0.5) is 0 Å². The molecule has 18 heavy (non-hydrogen) atoms. The minimum atomic E-state index is 0.640. The summed E-state index contributed by atoms with van der Waals surface area (Å²) in [6.45, 7) is 12.5. The number of aromatic amines is 1. The van der Waals surface area contributed by atoms with Crippen molar-refractivity contribution in [3.63, 3.8) is 0 Å². The average molecular weight is 248 g/mol. The Bertz CT molecular complexity index is 388. The van der Waals surface area contributed by atoms with E-state index in [9.17, 15) is 0 Å². The molecule has 2 rings (SSSR count). The highest BCUT2D eigenvalue weighted by Crippen LogP contribution is 2.12. The van der Waals surface area contributed by atoms with Gasteiger partial charge < -0.3 is 5.32 Å². The number of nitrogens with one attached hydrogen (secondary N) is 2. The molecule has 0 spiro atoms. The Kier molecular flexibility index (Phi) is 4.55. The van der Waals surface area contributed by atoms with Crippen LogP contribution >= 0.6 is 0 Å². The number of rotatable bonds is 5. The van der Waals surface area contributed by atoms with Crippen molar-refractivity contribution >= 4 is 0 Å². The molecule has 4 heteroatoms. The molecule has 0 aromatic carbocycles. The lowest BCUT2D eigenvalue weighted by Crippen LogP contribution is -2.42. The molecule has 4 nitrogen and oxygen atoms in total. The molecular weight excluding hydrogens is 224 g/mol. The number of likely N-dealkylation sites (tertiary alicyclic amines) is 1. The number of piperidine rings is 1. The minimum Gasteiger partial charge on any atom is -0.310 e. The summed E-state index contributed by atoms with van der Waals surface area (Å²) < 4.78 is 0. The van der Waals surface area contributed by atoms with Crippen molar-refractivity contribution in [2.24, 2.45) is 0 Å². The van der Waals surface area contributed by atoms with Gasteiger partial charge >= 0.3 is 0 Å². The Morgan fingerprint density at radius 1 is 1.56 bits per heavy atom. The largest absolute Gasteiger partial charge is 0.310 e. The molecule has 0 unspecified atom stereocenters. The first-order valence-electron chi connectivity index (χ1n) is 6.74.